The van der Waals surface area contributed by atoms with Gasteiger partial charge in [-0.05, 0) is 78.4 Å². The van der Waals surface area contributed by atoms with Crippen molar-refractivity contribution in [3.05, 3.63) is 107 Å². The number of aromatic nitrogens is 2. The zero-order valence-corrected chi connectivity index (χ0v) is 21.4. The fourth-order valence-corrected chi connectivity index (χ4v) is 4.47. The molecule has 1 fully saturated rings. The van der Waals surface area contributed by atoms with Crippen molar-refractivity contribution in [3.63, 3.8) is 0 Å². The number of hydrogen-bond acceptors (Lipinski definition) is 5. The lowest BCUT2D eigenvalue weighted by atomic mass is 9.97. The second-order valence-electron chi connectivity index (χ2n) is 9.85. The lowest BCUT2D eigenvalue weighted by molar-refractivity contribution is -0.141. The summed E-state index contributed by atoms with van der Waals surface area (Å²) in [4.78, 5) is 13.3. The first kappa shape index (κ1) is 27.4. The predicted molar refractivity (Wildman–Crippen MR) is 144 cm³/mol. The number of amides is 1. The molecule has 3 aromatic carbocycles. The number of rotatable bonds is 9. The molecule has 1 amide bonds. The minimum absolute atomic E-state index is 0.143. The van der Waals surface area contributed by atoms with Crippen molar-refractivity contribution in [1.82, 2.24) is 15.1 Å². The molecule has 0 spiro atoms. The van der Waals surface area contributed by atoms with Crippen LogP contribution in [0.1, 0.15) is 51.8 Å². The Bertz CT molecular complexity index is 1530. The first-order chi connectivity index (χ1) is 19.1. The van der Waals surface area contributed by atoms with Gasteiger partial charge in [-0.2, -0.15) is 18.3 Å². The summed E-state index contributed by atoms with van der Waals surface area (Å²) in [7, 11) is 0. The van der Waals surface area contributed by atoms with Gasteiger partial charge in [0.05, 0.1) is 17.4 Å². The summed E-state index contributed by atoms with van der Waals surface area (Å²) >= 11 is 0. The number of carbonyl (C=O) groups excluding carboxylic acids is 1. The molecule has 208 valence electrons. The van der Waals surface area contributed by atoms with Crippen LogP contribution in [0.4, 0.5) is 28.9 Å². The number of benzene rings is 3. The van der Waals surface area contributed by atoms with Gasteiger partial charge in [0.25, 0.3) is 5.91 Å². The van der Waals surface area contributed by atoms with Gasteiger partial charge in [0.15, 0.2) is 5.69 Å². The average Bonchev–Trinajstić information content (AvgIpc) is 3.63. The number of nitrogens with zero attached hydrogens (tertiary/aromatic N) is 2. The Hall–Kier alpha value is -4.22. The van der Waals surface area contributed by atoms with Gasteiger partial charge >= 0.3 is 6.18 Å². The van der Waals surface area contributed by atoms with Gasteiger partial charge in [-0.3, -0.25) is 4.79 Å². The second kappa shape index (κ2) is 11.1. The molecule has 4 aromatic rings. The van der Waals surface area contributed by atoms with Crippen molar-refractivity contribution in [2.45, 2.75) is 31.6 Å². The molecule has 1 unspecified atom stereocenters. The van der Waals surface area contributed by atoms with Crippen LogP contribution in [-0.4, -0.2) is 22.2 Å². The molecule has 1 heterocycles. The molecular formula is C29H28F4N6O. The second-order valence-corrected chi connectivity index (χ2v) is 9.85. The number of alkyl halides is 3. The molecule has 0 saturated heterocycles. The van der Waals surface area contributed by atoms with Crippen LogP contribution in [0.2, 0.25) is 0 Å². The van der Waals surface area contributed by atoms with E-state index in [1.54, 1.807) is 24.3 Å². The molecule has 5 rings (SSSR count). The van der Waals surface area contributed by atoms with Gasteiger partial charge in [-0.25, -0.2) is 9.07 Å². The van der Waals surface area contributed by atoms with E-state index >= 15 is 0 Å². The minimum Gasteiger partial charge on any atom is -0.399 e. The first-order valence-electron chi connectivity index (χ1n) is 12.8. The maximum absolute atomic E-state index is 14.9. The number of nitrogens with two attached hydrogens (primary N) is 2. The fourth-order valence-electron chi connectivity index (χ4n) is 4.47. The predicted octanol–water partition coefficient (Wildman–Crippen LogP) is 5.41. The number of nitrogens with one attached hydrogen (secondary N) is 2. The highest BCUT2D eigenvalue weighted by Gasteiger charge is 2.36. The summed E-state index contributed by atoms with van der Waals surface area (Å²) in [5, 5.41) is 9.57. The molecular weight excluding hydrogens is 524 g/mol. The number of anilines is 2. The third-order valence-corrected chi connectivity index (χ3v) is 6.75. The monoisotopic (exact) mass is 552 g/mol. The van der Waals surface area contributed by atoms with Crippen LogP contribution in [0.3, 0.4) is 0 Å². The molecule has 0 bridgehead atoms. The van der Waals surface area contributed by atoms with Gasteiger partial charge in [0, 0.05) is 18.3 Å². The zero-order valence-electron chi connectivity index (χ0n) is 21.4. The number of nitrogen functional groups attached to an aromatic ring is 1. The highest BCUT2D eigenvalue weighted by Crippen LogP contribution is 2.33. The van der Waals surface area contributed by atoms with Crippen LogP contribution in [0.5, 0.6) is 0 Å². The molecule has 40 heavy (non-hydrogen) atoms. The van der Waals surface area contributed by atoms with Crippen LogP contribution in [-0.2, 0) is 12.7 Å². The van der Waals surface area contributed by atoms with Crippen molar-refractivity contribution >= 4 is 17.3 Å². The van der Waals surface area contributed by atoms with Gasteiger partial charge in [-0.1, -0.05) is 30.3 Å². The topological polar surface area (TPSA) is 111 Å². The Morgan fingerprint density at radius 3 is 2.48 bits per heavy atom. The summed E-state index contributed by atoms with van der Waals surface area (Å²) in [6.07, 6.45) is -2.54. The molecule has 11 heteroatoms. The summed E-state index contributed by atoms with van der Waals surface area (Å²) < 4.78 is 56.5. The van der Waals surface area contributed by atoms with Crippen molar-refractivity contribution in [1.29, 1.82) is 0 Å². The summed E-state index contributed by atoms with van der Waals surface area (Å²) in [5.74, 6) is -1.13. The molecule has 1 saturated carbocycles. The van der Waals surface area contributed by atoms with Gasteiger partial charge in [0.2, 0.25) is 0 Å². The van der Waals surface area contributed by atoms with Crippen molar-refractivity contribution in [3.8, 4) is 5.69 Å². The Morgan fingerprint density at radius 2 is 1.77 bits per heavy atom. The normalized spacial score (nSPS) is 14.2. The summed E-state index contributed by atoms with van der Waals surface area (Å²) in [5.41, 5.74) is 12.8. The zero-order chi connectivity index (χ0) is 28.4. The van der Waals surface area contributed by atoms with Gasteiger partial charge in [0.1, 0.15) is 11.5 Å². The third-order valence-electron chi connectivity index (χ3n) is 6.75. The molecule has 0 radical (unpaired) electrons. The van der Waals surface area contributed by atoms with Crippen LogP contribution in [0.15, 0.2) is 72.8 Å². The number of halogens is 4. The maximum Gasteiger partial charge on any atom is 0.435 e. The van der Waals surface area contributed by atoms with E-state index in [-0.39, 0.29) is 24.0 Å². The largest absolute Gasteiger partial charge is 0.435 e. The lowest BCUT2D eigenvalue weighted by Gasteiger charge is -2.21. The highest BCUT2D eigenvalue weighted by atomic mass is 19.4. The molecule has 1 aliphatic rings. The van der Waals surface area contributed by atoms with E-state index in [0.29, 0.717) is 28.8 Å². The Balaban J connectivity index is 1.49. The smallest absolute Gasteiger partial charge is 0.399 e. The Labute approximate surface area is 228 Å². The number of carbonyl (C=O) groups is 1. The average molecular weight is 553 g/mol. The van der Waals surface area contributed by atoms with Crippen LogP contribution in [0.25, 0.3) is 5.69 Å². The van der Waals surface area contributed by atoms with Crippen LogP contribution >= 0.6 is 0 Å². The molecule has 6 N–H and O–H groups in total. The highest BCUT2D eigenvalue weighted by molar-refractivity contribution is 6.03. The van der Waals surface area contributed by atoms with E-state index in [0.717, 1.165) is 29.6 Å². The molecule has 7 nitrogen and oxygen atoms in total. The van der Waals surface area contributed by atoms with Crippen LogP contribution in [0, 0.1) is 11.7 Å². The van der Waals surface area contributed by atoms with E-state index in [9.17, 15) is 22.4 Å². The maximum atomic E-state index is 14.9. The van der Waals surface area contributed by atoms with Crippen molar-refractivity contribution in [2.24, 2.45) is 11.7 Å². The fraction of sp³-hybridized carbons (Fsp3) is 0.241. The van der Waals surface area contributed by atoms with E-state index in [1.165, 1.54) is 24.3 Å². The lowest BCUT2D eigenvalue weighted by Crippen LogP contribution is -2.25. The van der Waals surface area contributed by atoms with E-state index in [2.05, 4.69) is 15.7 Å². The molecule has 0 aliphatic heterocycles. The number of hydrogen-bond donors (Lipinski definition) is 4. The standard InChI is InChI=1S/C29H28F4N6O/c30-23-10-9-20(27(36-16-17-7-8-17)19-4-2-5-21(35)12-19)13-24(23)37-28(40)25-14-26(29(31,32)33)38-39(25)22-6-1-3-18(11-22)15-34/h1-6,9-14,17,27,36H,7-8,15-16,34-35H2,(H,37,40). The summed E-state index contributed by atoms with van der Waals surface area (Å²) in [6.45, 7) is 0.892. The van der Waals surface area contributed by atoms with E-state index < -0.39 is 29.3 Å². The van der Waals surface area contributed by atoms with Gasteiger partial charge < -0.3 is 22.1 Å². The van der Waals surface area contributed by atoms with Crippen molar-refractivity contribution < 1.29 is 22.4 Å². The Morgan fingerprint density at radius 1 is 1.02 bits per heavy atom. The molecule has 1 aliphatic carbocycles. The first-order valence-corrected chi connectivity index (χ1v) is 12.8. The van der Waals surface area contributed by atoms with Gasteiger partial charge in [-0.15, -0.1) is 0 Å². The minimum atomic E-state index is -4.80. The SMILES string of the molecule is NCc1cccc(-n2nc(C(F)(F)F)cc2C(=O)Nc2cc(C(NCC3CC3)c3cccc(N)c3)ccc2F)c1. The molecule has 1 atom stereocenters. The quantitative estimate of drug-likeness (QED) is 0.164. The Kier molecular flexibility index (Phi) is 7.59. The summed E-state index contributed by atoms with van der Waals surface area (Å²) in [6, 6.07) is 18.2. The van der Waals surface area contributed by atoms with Crippen molar-refractivity contribution in [2.75, 3.05) is 17.6 Å². The third kappa shape index (κ3) is 6.16. The van der Waals surface area contributed by atoms with E-state index in [4.69, 9.17) is 11.5 Å². The molecule has 1 aromatic heterocycles. The van der Waals surface area contributed by atoms with Crippen LogP contribution < -0.4 is 22.1 Å². The van der Waals surface area contributed by atoms with E-state index in [1.807, 2.05) is 18.2 Å².